The van der Waals surface area contributed by atoms with E-state index in [1.807, 2.05) is 31.3 Å². The first kappa shape index (κ1) is 40.3. The van der Waals surface area contributed by atoms with Gasteiger partial charge in [0.2, 0.25) is 0 Å². The van der Waals surface area contributed by atoms with Crippen molar-refractivity contribution in [3.8, 4) is 53.4 Å². The van der Waals surface area contributed by atoms with E-state index in [2.05, 4.69) is 89.9 Å². The third kappa shape index (κ3) is 15.6. The summed E-state index contributed by atoms with van der Waals surface area (Å²) < 4.78 is 16.9. The first-order valence-corrected chi connectivity index (χ1v) is 21.0. The number of anilines is 3. The highest BCUT2D eigenvalue weighted by Gasteiger charge is 2.23. The molecule has 3 fully saturated rings. The highest BCUT2D eigenvalue weighted by molar-refractivity contribution is 14.1. The maximum atomic E-state index is 5.29. The van der Waals surface area contributed by atoms with Crippen LogP contribution in [0.25, 0.3) is 0 Å². The zero-order valence-corrected chi connectivity index (χ0v) is 33.5. The summed E-state index contributed by atoms with van der Waals surface area (Å²) in [6.07, 6.45) is 23.6. The molecule has 50 heavy (non-hydrogen) atoms. The van der Waals surface area contributed by atoms with Crippen molar-refractivity contribution >= 4 is 48.8 Å². The molecule has 0 aliphatic heterocycles. The number of hydrogen-bond donors (Lipinski definition) is 3. The number of methoxy groups -OCH3 is 3. The average Bonchev–Trinajstić information content (AvgIpc) is 3.98. The smallest absolute Gasteiger partial charge is 0.168 e. The third-order valence-electron chi connectivity index (χ3n) is 7.72. The van der Waals surface area contributed by atoms with Crippen LogP contribution < -0.4 is 30.2 Å². The average molecular weight is 807 g/mol. The summed E-state index contributed by atoms with van der Waals surface area (Å²) in [5.74, 6) is 15.6. The fraction of sp³-hybridized carbons (Fsp3) is 0.462. The molecule has 0 bridgehead atoms. The van der Waals surface area contributed by atoms with Gasteiger partial charge in [-0.1, -0.05) is 24.9 Å². The first-order valence-electron chi connectivity index (χ1n) is 17.1. The van der Waals surface area contributed by atoms with Gasteiger partial charge in [-0.15, -0.1) is 24.3 Å². The number of nitrogens with zero attached hydrogens (tertiary/aromatic N) is 3. The molecule has 0 spiro atoms. The molecule has 6 rings (SSSR count). The number of rotatable bonds is 12. The fourth-order valence-electron chi connectivity index (χ4n) is 4.16. The molecule has 3 N–H and O–H groups in total. The molecule has 3 aromatic heterocycles. The molecule has 3 aliphatic carbocycles. The quantitative estimate of drug-likeness (QED) is 0.0987. The van der Waals surface area contributed by atoms with E-state index >= 15 is 0 Å². The number of aromatic nitrogens is 3. The highest BCUT2D eigenvalue weighted by atomic mass is 127. The van der Waals surface area contributed by atoms with Crippen molar-refractivity contribution in [1.82, 2.24) is 15.0 Å². The lowest BCUT2D eigenvalue weighted by molar-refractivity contribution is 0.414. The van der Waals surface area contributed by atoms with E-state index in [9.17, 15) is 0 Å². The molecule has 11 heteroatoms. The Balaban J connectivity index is 0.000000190. The van der Waals surface area contributed by atoms with Gasteiger partial charge in [0.1, 0.15) is 8.80 Å². The second kappa shape index (κ2) is 21.9. The van der Waals surface area contributed by atoms with Gasteiger partial charge in [0.25, 0.3) is 0 Å². The lowest BCUT2D eigenvalue weighted by Crippen LogP contribution is -2.06. The summed E-state index contributed by atoms with van der Waals surface area (Å²) in [4.78, 5) is 12.9. The lowest BCUT2D eigenvalue weighted by Gasteiger charge is -2.09. The van der Waals surface area contributed by atoms with E-state index < -0.39 is 8.80 Å². The van der Waals surface area contributed by atoms with Gasteiger partial charge < -0.3 is 30.2 Å². The molecule has 3 aliphatic rings. The maximum absolute atomic E-state index is 5.29. The summed E-state index contributed by atoms with van der Waals surface area (Å²) in [5.41, 5.74) is 4.29. The summed E-state index contributed by atoms with van der Waals surface area (Å²) in [7, 11) is 4.33. The van der Waals surface area contributed by atoms with E-state index in [4.69, 9.17) is 27.1 Å². The number of ether oxygens (including phenoxy) is 3. The number of pyridine rings is 3. The molecule has 0 aromatic carbocycles. The van der Waals surface area contributed by atoms with Crippen molar-refractivity contribution in [3.05, 3.63) is 51.5 Å². The molecule has 266 valence electrons. The second-order valence-electron chi connectivity index (χ2n) is 12.6. The molecule has 0 amide bonds. The largest absolute Gasteiger partial charge is 0.493 e. The normalized spacial score (nSPS) is 13.8. The van der Waals surface area contributed by atoms with Crippen LogP contribution in [-0.4, -0.2) is 64.7 Å². The van der Waals surface area contributed by atoms with Crippen molar-refractivity contribution in [1.29, 1.82) is 0 Å². The van der Waals surface area contributed by atoms with Gasteiger partial charge in [-0.2, -0.15) is 0 Å². The van der Waals surface area contributed by atoms with Gasteiger partial charge in [-0.25, -0.2) is 15.0 Å². The van der Waals surface area contributed by atoms with Gasteiger partial charge >= 0.3 is 0 Å². The Bertz CT molecular complexity index is 1650. The summed E-state index contributed by atoms with van der Waals surface area (Å²) in [6, 6.07) is 5.73. The van der Waals surface area contributed by atoms with Crippen molar-refractivity contribution in [2.75, 3.05) is 56.9 Å². The number of hydrogen-bond acceptors (Lipinski definition) is 9. The molecule has 0 radical (unpaired) electrons. The Morgan fingerprint density at radius 1 is 0.700 bits per heavy atom. The minimum Gasteiger partial charge on any atom is -0.493 e. The van der Waals surface area contributed by atoms with Crippen LogP contribution in [-0.2, 0) is 0 Å². The van der Waals surface area contributed by atoms with Crippen LogP contribution in [0.2, 0.25) is 13.1 Å². The molecule has 0 saturated heterocycles. The van der Waals surface area contributed by atoms with Gasteiger partial charge in [0, 0.05) is 65.1 Å². The van der Waals surface area contributed by atoms with Crippen LogP contribution in [0.3, 0.4) is 0 Å². The monoisotopic (exact) mass is 806 g/mol. The SMILES string of the molecule is C#C[SiH](C)C.C#Cc1cnc(NCC2CC2)c(OC)c1.CC#Cc1cnc(NCC2CC2)c(OC)c1.COc1cc(I)cnc1NCC1CC1. The van der Waals surface area contributed by atoms with Crippen LogP contribution in [0.1, 0.15) is 56.6 Å². The van der Waals surface area contributed by atoms with Crippen molar-refractivity contribution < 1.29 is 14.2 Å². The molecule has 0 atom stereocenters. The Morgan fingerprint density at radius 2 is 1.08 bits per heavy atom. The van der Waals surface area contributed by atoms with Crippen LogP contribution in [0, 0.1) is 57.5 Å². The summed E-state index contributed by atoms with van der Waals surface area (Å²) in [6.45, 7) is 9.04. The van der Waals surface area contributed by atoms with E-state index in [-0.39, 0.29) is 0 Å². The third-order valence-corrected chi connectivity index (χ3v) is 8.98. The topological polar surface area (TPSA) is 102 Å². The van der Waals surface area contributed by atoms with Crippen LogP contribution in [0.4, 0.5) is 17.5 Å². The number of halogens is 1. The fourth-order valence-corrected chi connectivity index (χ4v) is 4.58. The minimum atomic E-state index is -0.622. The van der Waals surface area contributed by atoms with Gasteiger partial charge in [-0.3, -0.25) is 0 Å². The molecular weight excluding hydrogens is 755 g/mol. The predicted molar refractivity (Wildman–Crippen MR) is 217 cm³/mol. The molecule has 3 saturated carbocycles. The lowest BCUT2D eigenvalue weighted by atomic mass is 10.2. The number of nitrogens with one attached hydrogen (secondary N) is 3. The number of terminal acetylenes is 2. The van der Waals surface area contributed by atoms with Gasteiger partial charge in [-0.05, 0) is 91.9 Å². The Morgan fingerprint density at radius 3 is 1.44 bits per heavy atom. The molecule has 0 unspecified atom stereocenters. The summed E-state index contributed by atoms with van der Waals surface area (Å²) in [5, 5.41) is 9.90. The summed E-state index contributed by atoms with van der Waals surface area (Å²) >= 11 is 2.23. The van der Waals surface area contributed by atoms with Crippen LogP contribution in [0.15, 0.2) is 36.8 Å². The molecule has 3 heterocycles. The highest BCUT2D eigenvalue weighted by Crippen LogP contribution is 2.32. The van der Waals surface area contributed by atoms with E-state index in [1.165, 1.54) is 38.5 Å². The maximum Gasteiger partial charge on any atom is 0.168 e. The second-order valence-corrected chi connectivity index (χ2v) is 16.5. The zero-order valence-electron chi connectivity index (χ0n) is 30.2. The van der Waals surface area contributed by atoms with E-state index in [0.717, 1.165) is 81.0 Å². The van der Waals surface area contributed by atoms with Gasteiger partial charge in [0.15, 0.2) is 34.7 Å². The van der Waals surface area contributed by atoms with Crippen molar-refractivity contribution in [2.24, 2.45) is 17.8 Å². The minimum absolute atomic E-state index is 0.622. The molecule has 9 nitrogen and oxygen atoms in total. The Labute approximate surface area is 314 Å². The Kier molecular flexibility index (Phi) is 17.6. The van der Waals surface area contributed by atoms with Crippen molar-refractivity contribution in [3.63, 3.8) is 0 Å². The van der Waals surface area contributed by atoms with Gasteiger partial charge in [0.05, 0.1) is 21.3 Å². The van der Waals surface area contributed by atoms with E-state index in [1.54, 1.807) is 33.7 Å². The zero-order chi connectivity index (χ0) is 36.3. The molecular formula is C39H51IN6O3Si. The Hall–Kier alpha value is -4.12. The predicted octanol–water partition coefficient (Wildman–Crippen LogP) is 7.34. The van der Waals surface area contributed by atoms with Crippen LogP contribution in [0.5, 0.6) is 17.2 Å². The molecule has 3 aromatic rings. The standard InChI is InChI=1S/C13H16N2O.C12H14N2O.C10H13IN2O.C4H8Si/c1-3-4-11-7-12(16-2)13(15-9-11)14-8-10-5-6-10;1-3-9-6-11(15-2)12(13-7-9)14-8-10-4-5-10;1-14-9-4-8(11)6-13-10(9)12-5-7-2-3-7;1-4-5(2)3/h7,9-10H,5-6,8H2,1-2H3,(H,14,15);1,6-7,10H,4-5,8H2,2H3,(H,13,14);4,6-7H,2-3,5H2,1H3,(H,12,13);1,5H,2-3H3. The van der Waals surface area contributed by atoms with Crippen molar-refractivity contribution in [2.45, 2.75) is 58.5 Å². The van der Waals surface area contributed by atoms with E-state index in [0.29, 0.717) is 5.75 Å². The van der Waals surface area contributed by atoms with Crippen LogP contribution >= 0.6 is 22.6 Å². The first-order chi connectivity index (χ1) is 24.2.